The fraction of sp³-hybridized carbons (Fsp3) is 0.143. The SMILES string of the molecule is CCn1c(NNC(=O)c2ccc(Cn3cccn3)cc2)nc2ccccc2c1=O. The highest BCUT2D eigenvalue weighted by atomic mass is 16.2. The fourth-order valence-electron chi connectivity index (χ4n) is 3.08. The molecule has 29 heavy (non-hydrogen) atoms. The van der Waals surface area contributed by atoms with Crippen LogP contribution in [0.5, 0.6) is 0 Å². The van der Waals surface area contributed by atoms with Crippen molar-refractivity contribution in [1.29, 1.82) is 0 Å². The van der Waals surface area contributed by atoms with Crippen LogP contribution >= 0.6 is 0 Å². The lowest BCUT2D eigenvalue weighted by Crippen LogP contribution is -2.34. The van der Waals surface area contributed by atoms with Crippen LogP contribution in [0.15, 0.2) is 71.8 Å². The number of anilines is 1. The molecule has 0 aliphatic heterocycles. The minimum absolute atomic E-state index is 0.155. The van der Waals surface area contributed by atoms with Crippen molar-refractivity contribution < 1.29 is 4.79 Å². The zero-order chi connectivity index (χ0) is 20.2. The van der Waals surface area contributed by atoms with Crippen LogP contribution in [0.2, 0.25) is 0 Å². The van der Waals surface area contributed by atoms with Crippen LogP contribution in [0.3, 0.4) is 0 Å². The van der Waals surface area contributed by atoms with Gasteiger partial charge < -0.3 is 0 Å². The molecule has 1 amide bonds. The number of hydrogen-bond donors (Lipinski definition) is 2. The molecule has 4 rings (SSSR count). The summed E-state index contributed by atoms with van der Waals surface area (Å²) in [5, 5.41) is 4.71. The summed E-state index contributed by atoms with van der Waals surface area (Å²) in [4.78, 5) is 29.6. The molecule has 2 aromatic heterocycles. The zero-order valence-electron chi connectivity index (χ0n) is 15.9. The van der Waals surface area contributed by atoms with Gasteiger partial charge in [-0.15, -0.1) is 0 Å². The summed E-state index contributed by atoms with van der Waals surface area (Å²) in [7, 11) is 0. The number of hydrazine groups is 1. The average Bonchev–Trinajstić information content (AvgIpc) is 3.26. The smallest absolute Gasteiger partial charge is 0.269 e. The van der Waals surface area contributed by atoms with Crippen molar-refractivity contribution in [2.24, 2.45) is 0 Å². The van der Waals surface area contributed by atoms with Gasteiger partial charge in [0.05, 0.1) is 17.4 Å². The Morgan fingerprint density at radius 3 is 2.59 bits per heavy atom. The van der Waals surface area contributed by atoms with E-state index >= 15 is 0 Å². The lowest BCUT2D eigenvalue weighted by molar-refractivity contribution is 0.0962. The van der Waals surface area contributed by atoms with Gasteiger partial charge in [0.1, 0.15) is 0 Å². The molecule has 0 aliphatic carbocycles. The predicted molar refractivity (Wildman–Crippen MR) is 111 cm³/mol. The first-order valence-corrected chi connectivity index (χ1v) is 9.28. The van der Waals surface area contributed by atoms with Gasteiger partial charge in [-0.25, -0.2) is 4.98 Å². The van der Waals surface area contributed by atoms with Crippen LogP contribution in [-0.2, 0) is 13.1 Å². The summed E-state index contributed by atoms with van der Waals surface area (Å²) in [6, 6.07) is 16.2. The molecule has 2 aromatic carbocycles. The summed E-state index contributed by atoms with van der Waals surface area (Å²) in [5.74, 6) is -0.0273. The predicted octanol–water partition coefficient (Wildman–Crippen LogP) is 2.42. The maximum Gasteiger partial charge on any atom is 0.269 e. The fourth-order valence-corrected chi connectivity index (χ4v) is 3.08. The van der Waals surface area contributed by atoms with Gasteiger partial charge in [-0.05, 0) is 42.8 Å². The molecule has 0 unspecified atom stereocenters. The van der Waals surface area contributed by atoms with Gasteiger partial charge in [-0.1, -0.05) is 24.3 Å². The topological polar surface area (TPSA) is 93.8 Å². The highest BCUT2D eigenvalue weighted by Crippen LogP contribution is 2.11. The molecule has 0 bridgehead atoms. The molecular weight excluding hydrogens is 368 g/mol. The Labute approximate surface area is 166 Å². The molecule has 0 radical (unpaired) electrons. The molecule has 4 aromatic rings. The zero-order valence-corrected chi connectivity index (χ0v) is 15.9. The minimum Gasteiger partial charge on any atom is -0.277 e. The van der Waals surface area contributed by atoms with E-state index in [0.717, 1.165) is 5.56 Å². The summed E-state index contributed by atoms with van der Waals surface area (Å²) in [6.07, 6.45) is 3.61. The Bertz CT molecular complexity index is 1200. The van der Waals surface area contributed by atoms with Crippen LogP contribution in [0.4, 0.5) is 5.95 Å². The van der Waals surface area contributed by atoms with Crippen LogP contribution in [0.1, 0.15) is 22.8 Å². The molecule has 8 nitrogen and oxygen atoms in total. The van der Waals surface area contributed by atoms with E-state index in [0.29, 0.717) is 35.5 Å². The van der Waals surface area contributed by atoms with Gasteiger partial charge in [0.15, 0.2) is 0 Å². The van der Waals surface area contributed by atoms with Crippen molar-refractivity contribution in [2.75, 3.05) is 5.43 Å². The van der Waals surface area contributed by atoms with Crippen LogP contribution in [0.25, 0.3) is 10.9 Å². The molecule has 0 saturated carbocycles. The van der Waals surface area contributed by atoms with Crippen molar-refractivity contribution in [1.82, 2.24) is 24.8 Å². The number of carbonyl (C=O) groups excluding carboxylic acids is 1. The largest absolute Gasteiger partial charge is 0.277 e. The van der Waals surface area contributed by atoms with Crippen LogP contribution in [0, 0.1) is 0 Å². The van der Waals surface area contributed by atoms with E-state index in [9.17, 15) is 9.59 Å². The molecule has 8 heteroatoms. The lowest BCUT2D eigenvalue weighted by atomic mass is 10.1. The second kappa shape index (κ2) is 7.97. The Morgan fingerprint density at radius 2 is 1.86 bits per heavy atom. The third-order valence-corrected chi connectivity index (χ3v) is 4.59. The second-order valence-corrected chi connectivity index (χ2v) is 6.48. The van der Waals surface area contributed by atoms with Gasteiger partial charge in [0.2, 0.25) is 5.95 Å². The number of fused-ring (bicyclic) bond motifs is 1. The third-order valence-electron chi connectivity index (χ3n) is 4.59. The van der Waals surface area contributed by atoms with Crippen molar-refractivity contribution in [3.05, 3.63) is 88.5 Å². The standard InChI is InChI=1S/C21H20N6O2/c1-2-27-20(29)17-6-3-4-7-18(17)23-21(27)25-24-19(28)16-10-8-15(9-11-16)14-26-13-5-12-22-26/h3-13H,2,14H2,1H3,(H,23,25)(H,24,28). The van der Waals surface area contributed by atoms with E-state index in [1.54, 1.807) is 36.5 Å². The Morgan fingerprint density at radius 1 is 1.07 bits per heavy atom. The maximum atomic E-state index is 12.6. The summed E-state index contributed by atoms with van der Waals surface area (Å²) < 4.78 is 3.29. The van der Waals surface area contributed by atoms with Crippen molar-refractivity contribution in [2.45, 2.75) is 20.0 Å². The van der Waals surface area contributed by atoms with Gasteiger partial charge in [-0.2, -0.15) is 5.10 Å². The maximum absolute atomic E-state index is 12.6. The lowest BCUT2D eigenvalue weighted by Gasteiger charge is -2.14. The Balaban J connectivity index is 1.49. The number of amides is 1. The summed E-state index contributed by atoms with van der Waals surface area (Å²) in [6.45, 7) is 2.91. The summed E-state index contributed by atoms with van der Waals surface area (Å²) in [5.41, 5.74) is 7.35. The summed E-state index contributed by atoms with van der Waals surface area (Å²) >= 11 is 0. The Kier molecular flexibility index (Phi) is 5.07. The van der Waals surface area contributed by atoms with E-state index in [1.807, 2.05) is 42.1 Å². The molecular formula is C21H20N6O2. The molecule has 2 heterocycles. The molecule has 146 valence electrons. The van der Waals surface area contributed by atoms with Crippen molar-refractivity contribution in [3.63, 3.8) is 0 Å². The highest BCUT2D eigenvalue weighted by molar-refractivity contribution is 5.94. The van der Waals surface area contributed by atoms with Gasteiger partial charge in [0.25, 0.3) is 11.5 Å². The number of rotatable bonds is 6. The normalized spacial score (nSPS) is 10.8. The first-order valence-electron chi connectivity index (χ1n) is 9.28. The molecule has 0 spiro atoms. The Hall–Kier alpha value is -3.94. The number of nitrogens with zero attached hydrogens (tertiary/aromatic N) is 4. The van der Waals surface area contributed by atoms with Gasteiger partial charge in [-0.3, -0.25) is 29.7 Å². The molecule has 0 aliphatic rings. The third kappa shape index (κ3) is 3.86. The molecule has 0 fully saturated rings. The number of para-hydroxylation sites is 1. The first kappa shape index (κ1) is 18.4. The number of hydrogen-bond acceptors (Lipinski definition) is 5. The van der Waals surface area contributed by atoms with Gasteiger partial charge >= 0.3 is 0 Å². The van der Waals surface area contributed by atoms with Crippen LogP contribution < -0.4 is 16.4 Å². The van der Waals surface area contributed by atoms with Gasteiger partial charge in [0, 0.05) is 24.5 Å². The first-order chi connectivity index (χ1) is 14.2. The van der Waals surface area contributed by atoms with Crippen LogP contribution in [-0.4, -0.2) is 25.2 Å². The minimum atomic E-state index is -0.319. The van der Waals surface area contributed by atoms with E-state index < -0.39 is 0 Å². The molecule has 0 saturated heterocycles. The molecule has 0 atom stereocenters. The van der Waals surface area contributed by atoms with E-state index in [4.69, 9.17) is 0 Å². The number of aromatic nitrogens is 4. The van der Waals surface area contributed by atoms with E-state index in [1.165, 1.54) is 4.57 Å². The monoisotopic (exact) mass is 388 g/mol. The van der Waals surface area contributed by atoms with Crippen molar-refractivity contribution in [3.8, 4) is 0 Å². The number of carbonyl (C=O) groups is 1. The number of nitrogens with one attached hydrogen (secondary N) is 2. The van der Waals surface area contributed by atoms with E-state index in [-0.39, 0.29) is 11.5 Å². The molecule has 2 N–H and O–H groups in total. The highest BCUT2D eigenvalue weighted by Gasteiger charge is 2.11. The van der Waals surface area contributed by atoms with Crippen molar-refractivity contribution >= 4 is 22.8 Å². The second-order valence-electron chi connectivity index (χ2n) is 6.48. The van der Waals surface area contributed by atoms with E-state index in [2.05, 4.69) is 20.9 Å². The number of benzene rings is 2. The average molecular weight is 388 g/mol. The quantitative estimate of drug-likeness (QED) is 0.495.